The molecule has 1 aliphatic rings. The van der Waals surface area contributed by atoms with E-state index in [0.717, 1.165) is 24.5 Å². The maximum Gasteiger partial charge on any atom is 0.303 e. The fourth-order valence-corrected chi connectivity index (χ4v) is 3.81. The highest BCUT2D eigenvalue weighted by Gasteiger charge is 2.18. The molecule has 0 spiro atoms. The first-order chi connectivity index (χ1) is 14.4. The van der Waals surface area contributed by atoms with Crippen molar-refractivity contribution in [2.75, 3.05) is 6.54 Å². The van der Waals surface area contributed by atoms with E-state index in [1.165, 1.54) is 41.2 Å². The van der Waals surface area contributed by atoms with Gasteiger partial charge >= 0.3 is 5.97 Å². The van der Waals surface area contributed by atoms with Crippen LogP contribution < -0.4 is 10.1 Å². The van der Waals surface area contributed by atoms with Crippen LogP contribution in [0.1, 0.15) is 76.8 Å². The number of ether oxygens (including phenoxy) is 1. The molecule has 2 aromatic carbocycles. The number of carboxylic acid groups (broad SMARTS) is 1. The Labute approximate surface area is 182 Å². The van der Waals surface area contributed by atoms with E-state index in [-0.39, 0.29) is 6.42 Å². The lowest BCUT2D eigenvalue weighted by atomic mass is 9.96. The number of aliphatic carboxylic acids is 1. The van der Waals surface area contributed by atoms with Crippen molar-refractivity contribution < 1.29 is 14.6 Å². The summed E-state index contributed by atoms with van der Waals surface area (Å²) in [4.78, 5) is 10.7. The summed E-state index contributed by atoms with van der Waals surface area (Å²) in [7, 11) is 0. The summed E-state index contributed by atoms with van der Waals surface area (Å²) in [6.45, 7) is 10.0. The Morgan fingerprint density at radius 3 is 2.40 bits per heavy atom. The molecule has 0 bridgehead atoms. The van der Waals surface area contributed by atoms with Gasteiger partial charge in [-0.15, -0.1) is 0 Å². The Bertz CT molecular complexity index is 791. The van der Waals surface area contributed by atoms with Gasteiger partial charge in [-0.25, -0.2) is 0 Å². The maximum absolute atomic E-state index is 10.7. The van der Waals surface area contributed by atoms with Gasteiger partial charge in [-0.05, 0) is 73.9 Å². The third-order valence-corrected chi connectivity index (χ3v) is 5.21. The Kier molecular flexibility index (Phi) is 10.2. The molecule has 2 N–H and O–H groups in total. The van der Waals surface area contributed by atoms with Crippen LogP contribution in [0.25, 0.3) is 10.8 Å². The zero-order chi connectivity index (χ0) is 21.9. The standard InChI is InChI=1S/C22H29NO3.C4H10/c1-16-14-21(26-17-8-3-2-4-9-17)20(15-23-13-7-12-22(24)25)19-11-6-5-10-18(16)19;1-4(2)3/h5-6,10-11,14,17,23H,2-4,7-9,12-13,15H2,1H3,(H,24,25);4H,1-3H3. The van der Waals surface area contributed by atoms with Crippen molar-refractivity contribution in [2.24, 2.45) is 5.92 Å². The molecule has 30 heavy (non-hydrogen) atoms. The predicted octanol–water partition coefficient (Wildman–Crippen LogP) is 6.48. The fraction of sp³-hybridized carbons (Fsp3) is 0.577. The maximum atomic E-state index is 10.7. The molecule has 0 unspecified atom stereocenters. The van der Waals surface area contributed by atoms with Gasteiger partial charge < -0.3 is 15.2 Å². The second kappa shape index (κ2) is 12.6. The van der Waals surface area contributed by atoms with Crippen LogP contribution in [0.2, 0.25) is 0 Å². The minimum absolute atomic E-state index is 0.201. The van der Waals surface area contributed by atoms with Gasteiger partial charge in [0.1, 0.15) is 5.75 Å². The number of hydrogen-bond donors (Lipinski definition) is 2. The van der Waals surface area contributed by atoms with Crippen molar-refractivity contribution in [1.29, 1.82) is 0 Å². The molecule has 0 aliphatic heterocycles. The van der Waals surface area contributed by atoms with E-state index < -0.39 is 5.97 Å². The van der Waals surface area contributed by atoms with E-state index in [0.29, 0.717) is 25.6 Å². The van der Waals surface area contributed by atoms with Crippen LogP contribution in [0.3, 0.4) is 0 Å². The quantitative estimate of drug-likeness (QED) is 0.487. The van der Waals surface area contributed by atoms with Gasteiger partial charge in [-0.3, -0.25) is 4.79 Å². The van der Waals surface area contributed by atoms with Gasteiger partial charge in [0.15, 0.2) is 0 Å². The van der Waals surface area contributed by atoms with Gasteiger partial charge in [-0.1, -0.05) is 51.5 Å². The minimum Gasteiger partial charge on any atom is -0.490 e. The lowest BCUT2D eigenvalue weighted by Crippen LogP contribution is -2.22. The second-order valence-electron chi connectivity index (χ2n) is 9.00. The topological polar surface area (TPSA) is 58.6 Å². The van der Waals surface area contributed by atoms with Crippen molar-refractivity contribution in [3.63, 3.8) is 0 Å². The summed E-state index contributed by atoms with van der Waals surface area (Å²) in [5.74, 6) is 1.08. The molecule has 0 aromatic heterocycles. The van der Waals surface area contributed by atoms with Crippen molar-refractivity contribution >= 4 is 16.7 Å². The molecule has 3 rings (SSSR count). The van der Waals surface area contributed by atoms with Crippen molar-refractivity contribution in [1.82, 2.24) is 5.32 Å². The summed E-state index contributed by atoms with van der Waals surface area (Å²) in [6, 6.07) is 10.6. The van der Waals surface area contributed by atoms with E-state index in [9.17, 15) is 4.79 Å². The number of carboxylic acids is 1. The molecule has 0 atom stereocenters. The molecule has 0 saturated heterocycles. The predicted molar refractivity (Wildman–Crippen MR) is 125 cm³/mol. The van der Waals surface area contributed by atoms with Crippen LogP contribution in [0.15, 0.2) is 30.3 Å². The highest BCUT2D eigenvalue weighted by atomic mass is 16.5. The van der Waals surface area contributed by atoms with Gasteiger partial charge in [0.2, 0.25) is 0 Å². The Morgan fingerprint density at radius 2 is 1.77 bits per heavy atom. The number of aryl methyl sites for hydroxylation is 1. The molecule has 0 amide bonds. The lowest BCUT2D eigenvalue weighted by molar-refractivity contribution is -0.137. The normalized spacial score (nSPS) is 14.4. The van der Waals surface area contributed by atoms with Gasteiger partial charge in [0, 0.05) is 18.5 Å². The zero-order valence-corrected chi connectivity index (χ0v) is 19.2. The summed E-state index contributed by atoms with van der Waals surface area (Å²) in [5.41, 5.74) is 2.42. The van der Waals surface area contributed by atoms with Crippen LogP contribution in [0, 0.1) is 12.8 Å². The molecule has 0 heterocycles. The van der Waals surface area contributed by atoms with E-state index in [1.54, 1.807) is 0 Å². The molecule has 1 saturated carbocycles. The molecule has 1 aliphatic carbocycles. The molecule has 166 valence electrons. The first-order valence-electron chi connectivity index (χ1n) is 11.5. The fourth-order valence-electron chi connectivity index (χ4n) is 3.81. The Balaban J connectivity index is 0.000000735. The van der Waals surface area contributed by atoms with E-state index in [1.807, 2.05) is 0 Å². The smallest absolute Gasteiger partial charge is 0.303 e. The number of hydrogen-bond acceptors (Lipinski definition) is 3. The summed E-state index contributed by atoms with van der Waals surface area (Å²) in [6.07, 6.45) is 7.24. The van der Waals surface area contributed by atoms with Crippen LogP contribution >= 0.6 is 0 Å². The zero-order valence-electron chi connectivity index (χ0n) is 19.2. The SMILES string of the molecule is CC(C)C.Cc1cc(OC2CCCCC2)c(CNCCCC(=O)O)c2ccccc12. The largest absolute Gasteiger partial charge is 0.490 e. The van der Waals surface area contributed by atoms with Gasteiger partial charge in [-0.2, -0.15) is 0 Å². The highest BCUT2D eigenvalue weighted by molar-refractivity contribution is 5.90. The van der Waals surface area contributed by atoms with Crippen LogP contribution in [-0.4, -0.2) is 23.7 Å². The lowest BCUT2D eigenvalue weighted by Gasteiger charge is -2.25. The second-order valence-corrected chi connectivity index (χ2v) is 9.00. The van der Waals surface area contributed by atoms with Crippen LogP contribution in [-0.2, 0) is 11.3 Å². The van der Waals surface area contributed by atoms with Gasteiger partial charge in [0.05, 0.1) is 6.10 Å². The third-order valence-electron chi connectivity index (χ3n) is 5.21. The molecule has 4 heteroatoms. The van der Waals surface area contributed by atoms with Crippen molar-refractivity contribution in [2.45, 2.75) is 85.3 Å². The summed E-state index contributed by atoms with van der Waals surface area (Å²) >= 11 is 0. The number of nitrogens with one attached hydrogen (secondary N) is 1. The average Bonchev–Trinajstić information content (AvgIpc) is 2.70. The van der Waals surface area contributed by atoms with Crippen LogP contribution in [0.5, 0.6) is 5.75 Å². The van der Waals surface area contributed by atoms with Gasteiger partial charge in [0.25, 0.3) is 0 Å². The third kappa shape index (κ3) is 7.98. The van der Waals surface area contributed by atoms with Crippen molar-refractivity contribution in [3.05, 3.63) is 41.5 Å². The monoisotopic (exact) mass is 413 g/mol. The van der Waals surface area contributed by atoms with Crippen LogP contribution in [0.4, 0.5) is 0 Å². The van der Waals surface area contributed by atoms with Crippen molar-refractivity contribution in [3.8, 4) is 5.75 Å². The molecule has 0 radical (unpaired) electrons. The number of benzene rings is 2. The minimum atomic E-state index is -0.742. The van der Waals surface area contributed by atoms with E-state index >= 15 is 0 Å². The number of rotatable bonds is 8. The molecular formula is C26H39NO3. The first kappa shape index (κ1) is 24.2. The Hall–Kier alpha value is -2.07. The molecular weight excluding hydrogens is 374 g/mol. The molecule has 1 fully saturated rings. The average molecular weight is 414 g/mol. The molecule has 2 aromatic rings. The first-order valence-corrected chi connectivity index (χ1v) is 11.5. The van der Waals surface area contributed by atoms with E-state index in [4.69, 9.17) is 9.84 Å². The molecule has 4 nitrogen and oxygen atoms in total. The number of carbonyl (C=O) groups is 1. The van der Waals surface area contributed by atoms with E-state index in [2.05, 4.69) is 63.3 Å². The Morgan fingerprint density at radius 1 is 1.13 bits per heavy atom. The highest BCUT2D eigenvalue weighted by Crippen LogP contribution is 2.33. The summed E-state index contributed by atoms with van der Waals surface area (Å²) < 4.78 is 6.44. The number of fused-ring (bicyclic) bond motifs is 1. The summed E-state index contributed by atoms with van der Waals surface area (Å²) in [5, 5.41) is 14.7.